The van der Waals surface area contributed by atoms with Gasteiger partial charge < -0.3 is 4.74 Å². The molecule has 3 nitrogen and oxygen atoms in total. The van der Waals surface area contributed by atoms with Gasteiger partial charge in [-0.1, -0.05) is 12.1 Å². The summed E-state index contributed by atoms with van der Waals surface area (Å²) >= 11 is 3.28. The van der Waals surface area contributed by atoms with E-state index >= 15 is 0 Å². The predicted octanol–water partition coefficient (Wildman–Crippen LogP) is 3.00. The molecule has 92 valence electrons. The van der Waals surface area contributed by atoms with Crippen LogP contribution in [-0.2, 0) is 14.6 Å². The molecular formula is C12H13BrO3S. The molecule has 0 spiro atoms. The van der Waals surface area contributed by atoms with E-state index in [0.717, 1.165) is 11.1 Å². The Morgan fingerprint density at radius 1 is 1.35 bits per heavy atom. The van der Waals surface area contributed by atoms with Crippen LogP contribution in [0.25, 0.3) is 5.57 Å². The van der Waals surface area contributed by atoms with Gasteiger partial charge in [0.1, 0.15) is 0 Å². The van der Waals surface area contributed by atoms with Crippen LogP contribution in [0.15, 0.2) is 33.0 Å². The molecule has 1 heterocycles. The molecule has 0 fully saturated rings. The fourth-order valence-corrected chi connectivity index (χ4v) is 4.30. The number of ether oxygens (including phenoxy) is 1. The summed E-state index contributed by atoms with van der Waals surface area (Å²) in [6.07, 6.45) is 0.0785. The first-order valence-electron chi connectivity index (χ1n) is 5.28. The number of halogens is 1. The molecule has 0 amide bonds. The average molecular weight is 317 g/mol. The molecule has 0 bridgehead atoms. The fourth-order valence-electron chi connectivity index (χ4n) is 1.73. The number of benzene rings is 1. The Morgan fingerprint density at radius 2 is 2.06 bits per heavy atom. The zero-order valence-electron chi connectivity index (χ0n) is 9.60. The monoisotopic (exact) mass is 316 g/mol. The van der Waals surface area contributed by atoms with Crippen LogP contribution in [0.2, 0.25) is 0 Å². The summed E-state index contributed by atoms with van der Waals surface area (Å²) < 4.78 is 30.0. The van der Waals surface area contributed by atoms with Gasteiger partial charge in [0.15, 0.2) is 0 Å². The van der Waals surface area contributed by atoms with Crippen molar-refractivity contribution in [3.8, 4) is 0 Å². The molecule has 1 aromatic rings. The highest BCUT2D eigenvalue weighted by Crippen LogP contribution is 2.38. The third-order valence-corrected chi connectivity index (χ3v) is 4.99. The van der Waals surface area contributed by atoms with Crippen LogP contribution >= 0.6 is 15.9 Å². The van der Waals surface area contributed by atoms with Crippen molar-refractivity contribution in [1.29, 1.82) is 0 Å². The summed E-state index contributed by atoms with van der Waals surface area (Å²) in [5, 5.41) is 1.30. The van der Waals surface area contributed by atoms with Gasteiger partial charge in [-0.3, -0.25) is 0 Å². The molecule has 1 aromatic carbocycles. The molecule has 0 radical (unpaired) electrons. The van der Waals surface area contributed by atoms with Gasteiger partial charge in [-0.25, -0.2) is 8.42 Å². The quantitative estimate of drug-likeness (QED) is 0.861. The Hall–Kier alpha value is -0.650. The van der Waals surface area contributed by atoms with Gasteiger partial charge in [0.05, 0.1) is 17.6 Å². The van der Waals surface area contributed by atoms with Gasteiger partial charge >= 0.3 is 0 Å². The molecule has 0 atom stereocenters. The van der Waals surface area contributed by atoms with E-state index in [4.69, 9.17) is 4.74 Å². The van der Waals surface area contributed by atoms with Crippen molar-refractivity contribution in [2.45, 2.75) is 24.8 Å². The zero-order chi connectivity index (χ0) is 12.6. The van der Waals surface area contributed by atoms with Crippen molar-refractivity contribution in [2.24, 2.45) is 0 Å². The normalized spacial score (nSPS) is 17.1. The first-order valence-corrected chi connectivity index (χ1v) is 7.62. The Kier molecular flexibility index (Phi) is 3.43. The van der Waals surface area contributed by atoms with Crippen LogP contribution in [-0.4, -0.2) is 21.1 Å². The Bertz CT molecular complexity index is 573. The van der Waals surface area contributed by atoms with E-state index < -0.39 is 9.84 Å². The number of sulfone groups is 1. The minimum absolute atomic E-state index is 0.0785. The summed E-state index contributed by atoms with van der Waals surface area (Å²) in [5.41, 5.74) is 1.45. The fraction of sp³-hybridized carbons (Fsp3) is 0.333. The van der Waals surface area contributed by atoms with Gasteiger partial charge in [-0.2, -0.15) is 0 Å². The average Bonchev–Trinajstić information content (AvgIpc) is 2.49. The lowest BCUT2D eigenvalue weighted by molar-refractivity contribution is 0.107. The van der Waals surface area contributed by atoms with Gasteiger partial charge in [-0.15, -0.1) is 0 Å². The van der Waals surface area contributed by atoms with Crippen molar-refractivity contribution in [3.63, 3.8) is 0 Å². The molecular weight excluding hydrogens is 304 g/mol. The lowest BCUT2D eigenvalue weighted by Crippen LogP contribution is -2.04. The molecule has 0 aliphatic carbocycles. The number of hydrogen-bond acceptors (Lipinski definition) is 3. The number of rotatable bonds is 3. The van der Waals surface area contributed by atoms with E-state index in [-0.39, 0.29) is 6.10 Å². The van der Waals surface area contributed by atoms with Gasteiger partial charge in [0.2, 0.25) is 9.84 Å². The predicted molar refractivity (Wildman–Crippen MR) is 70.4 cm³/mol. The minimum Gasteiger partial charge on any atom is -0.374 e. The highest BCUT2D eigenvalue weighted by Gasteiger charge is 2.29. The molecule has 1 aliphatic rings. The largest absolute Gasteiger partial charge is 0.374 e. The third kappa shape index (κ3) is 2.46. The molecule has 0 unspecified atom stereocenters. The maximum atomic E-state index is 12.0. The lowest BCUT2D eigenvalue weighted by atomic mass is 10.1. The summed E-state index contributed by atoms with van der Waals surface area (Å²) in [4.78, 5) is 0.349. The van der Waals surface area contributed by atoms with Crippen molar-refractivity contribution in [2.75, 3.05) is 6.61 Å². The summed E-state index contributed by atoms with van der Waals surface area (Å²) in [6, 6.07) is 5.36. The second-order valence-corrected chi connectivity index (χ2v) is 6.75. The van der Waals surface area contributed by atoms with Crippen molar-refractivity contribution in [3.05, 3.63) is 33.6 Å². The van der Waals surface area contributed by atoms with E-state index in [1.807, 2.05) is 19.9 Å². The highest BCUT2D eigenvalue weighted by atomic mass is 79.9. The van der Waals surface area contributed by atoms with Crippen LogP contribution < -0.4 is 0 Å². The SMILES string of the molecule is CC(C)OCC1=CS(=O)(=O)c2c(Br)cccc21. The Morgan fingerprint density at radius 3 is 2.71 bits per heavy atom. The minimum atomic E-state index is -3.32. The Balaban J connectivity index is 2.44. The molecule has 2 rings (SSSR count). The summed E-state index contributed by atoms with van der Waals surface area (Å²) in [6.45, 7) is 4.16. The zero-order valence-corrected chi connectivity index (χ0v) is 12.0. The van der Waals surface area contributed by atoms with Crippen molar-refractivity contribution >= 4 is 31.3 Å². The van der Waals surface area contributed by atoms with Crippen LogP contribution in [0.5, 0.6) is 0 Å². The summed E-state index contributed by atoms with van der Waals surface area (Å²) in [7, 11) is -3.32. The molecule has 5 heteroatoms. The van der Waals surface area contributed by atoms with E-state index in [1.165, 1.54) is 5.41 Å². The van der Waals surface area contributed by atoms with Crippen LogP contribution in [0.3, 0.4) is 0 Å². The highest BCUT2D eigenvalue weighted by molar-refractivity contribution is 9.10. The number of fused-ring (bicyclic) bond motifs is 1. The molecule has 0 aromatic heterocycles. The molecule has 1 aliphatic heterocycles. The van der Waals surface area contributed by atoms with Crippen molar-refractivity contribution in [1.82, 2.24) is 0 Å². The first kappa shape index (κ1) is 12.8. The van der Waals surface area contributed by atoms with Crippen LogP contribution in [0, 0.1) is 0 Å². The Labute approximate surface area is 110 Å². The molecule has 0 saturated carbocycles. The van der Waals surface area contributed by atoms with E-state index in [0.29, 0.717) is 16.0 Å². The van der Waals surface area contributed by atoms with Gasteiger partial charge in [0, 0.05) is 15.4 Å². The third-order valence-electron chi connectivity index (χ3n) is 2.47. The lowest BCUT2D eigenvalue weighted by Gasteiger charge is -2.09. The van der Waals surface area contributed by atoms with Crippen LogP contribution in [0.4, 0.5) is 0 Å². The second-order valence-electron chi connectivity index (χ2n) is 4.16. The van der Waals surface area contributed by atoms with E-state index in [2.05, 4.69) is 15.9 Å². The smallest absolute Gasteiger partial charge is 0.201 e. The maximum Gasteiger partial charge on any atom is 0.201 e. The topological polar surface area (TPSA) is 43.4 Å². The second kappa shape index (κ2) is 4.55. The molecule has 0 saturated heterocycles. The first-order chi connectivity index (χ1) is 7.92. The van der Waals surface area contributed by atoms with E-state index in [1.54, 1.807) is 12.1 Å². The molecule has 17 heavy (non-hydrogen) atoms. The number of hydrogen-bond donors (Lipinski definition) is 0. The van der Waals surface area contributed by atoms with E-state index in [9.17, 15) is 8.42 Å². The summed E-state index contributed by atoms with van der Waals surface area (Å²) in [5.74, 6) is 0. The molecule has 0 N–H and O–H groups in total. The van der Waals surface area contributed by atoms with Crippen LogP contribution in [0.1, 0.15) is 19.4 Å². The maximum absolute atomic E-state index is 12.0. The van der Waals surface area contributed by atoms with Crippen molar-refractivity contribution < 1.29 is 13.2 Å². The van der Waals surface area contributed by atoms with Gasteiger partial charge in [0.25, 0.3) is 0 Å². The van der Waals surface area contributed by atoms with Gasteiger partial charge in [-0.05, 0) is 41.4 Å². The standard InChI is InChI=1S/C12H13BrO3S/c1-8(2)16-6-9-7-17(14,15)12-10(9)4-3-5-11(12)13/h3-5,7-8H,6H2,1-2H3.